The Labute approximate surface area is 153 Å². The Hall–Kier alpha value is -1.51. The fourth-order valence-electron chi connectivity index (χ4n) is 3.19. The summed E-state index contributed by atoms with van der Waals surface area (Å²) >= 11 is 0. The van der Waals surface area contributed by atoms with Gasteiger partial charge in [-0.15, -0.1) is 0 Å². The maximum atomic E-state index is 12.0. The molecule has 3 rings (SSSR count). The third kappa shape index (κ3) is 4.24. The lowest BCUT2D eigenvalue weighted by molar-refractivity contribution is -0.358. The highest BCUT2D eigenvalue weighted by atomic mass is 16.8. The molecule has 1 unspecified atom stereocenters. The van der Waals surface area contributed by atoms with Gasteiger partial charge in [-0.3, -0.25) is 4.79 Å². The Morgan fingerprint density at radius 1 is 1.27 bits per heavy atom. The van der Waals surface area contributed by atoms with Crippen LogP contribution in [-0.2, 0) is 28.5 Å². The molecular weight excluding hydrogens is 340 g/mol. The van der Waals surface area contributed by atoms with Crippen LogP contribution < -0.4 is 0 Å². The summed E-state index contributed by atoms with van der Waals surface area (Å²) in [5.41, 5.74) is 0.850. The number of unbranched alkanes of at least 4 members (excludes halogenated alkanes) is 1. The number of methoxy groups -OCH3 is 1. The van der Waals surface area contributed by atoms with E-state index in [9.17, 15) is 9.90 Å². The molecular formula is C19H26O7. The zero-order valence-electron chi connectivity index (χ0n) is 15.1. The predicted molar refractivity (Wildman–Crippen MR) is 91.1 cm³/mol. The molecule has 26 heavy (non-hydrogen) atoms. The first-order valence-corrected chi connectivity index (χ1v) is 9.01. The molecule has 1 aromatic carbocycles. The van der Waals surface area contributed by atoms with Crippen LogP contribution in [0.4, 0.5) is 0 Å². The van der Waals surface area contributed by atoms with Crippen molar-refractivity contribution in [3.8, 4) is 0 Å². The number of aliphatic hydroxyl groups excluding tert-OH is 1. The van der Waals surface area contributed by atoms with Gasteiger partial charge in [0.1, 0.15) is 18.3 Å². The second kappa shape index (κ2) is 8.92. The summed E-state index contributed by atoms with van der Waals surface area (Å²) in [6, 6.07) is 9.47. The van der Waals surface area contributed by atoms with Crippen LogP contribution in [-0.4, -0.2) is 55.5 Å². The van der Waals surface area contributed by atoms with E-state index in [1.165, 1.54) is 7.11 Å². The van der Waals surface area contributed by atoms with E-state index >= 15 is 0 Å². The minimum absolute atomic E-state index is 0.248. The van der Waals surface area contributed by atoms with Crippen molar-refractivity contribution in [1.29, 1.82) is 0 Å². The number of benzene rings is 1. The summed E-state index contributed by atoms with van der Waals surface area (Å²) in [5, 5.41) is 10.8. The number of esters is 1. The second-order valence-electron chi connectivity index (χ2n) is 6.50. The second-order valence-corrected chi connectivity index (χ2v) is 6.50. The van der Waals surface area contributed by atoms with Crippen molar-refractivity contribution in [3.63, 3.8) is 0 Å². The largest absolute Gasteiger partial charge is 0.454 e. The Morgan fingerprint density at radius 2 is 2.04 bits per heavy atom. The molecule has 0 amide bonds. The van der Waals surface area contributed by atoms with E-state index in [0.29, 0.717) is 6.42 Å². The molecule has 144 valence electrons. The molecule has 0 aliphatic carbocycles. The van der Waals surface area contributed by atoms with Gasteiger partial charge >= 0.3 is 5.97 Å². The van der Waals surface area contributed by atoms with Gasteiger partial charge in [-0.25, -0.2) is 0 Å². The summed E-state index contributed by atoms with van der Waals surface area (Å²) in [7, 11) is 1.45. The van der Waals surface area contributed by atoms with Crippen LogP contribution in [0.1, 0.15) is 38.0 Å². The van der Waals surface area contributed by atoms with Crippen molar-refractivity contribution in [1.82, 2.24) is 0 Å². The number of hydrogen-bond acceptors (Lipinski definition) is 7. The van der Waals surface area contributed by atoms with Crippen molar-refractivity contribution in [2.45, 2.75) is 63.2 Å². The Kier molecular flexibility index (Phi) is 6.61. The van der Waals surface area contributed by atoms with Gasteiger partial charge in [0.15, 0.2) is 18.7 Å². The minimum Gasteiger partial charge on any atom is -0.454 e. The maximum absolute atomic E-state index is 12.0. The third-order valence-electron chi connectivity index (χ3n) is 4.62. The molecule has 0 spiro atoms. The first-order valence-electron chi connectivity index (χ1n) is 9.01. The highest BCUT2D eigenvalue weighted by Gasteiger charge is 2.51. The lowest BCUT2D eigenvalue weighted by Crippen LogP contribution is -2.63. The molecule has 0 aromatic heterocycles. The van der Waals surface area contributed by atoms with E-state index in [-0.39, 0.29) is 12.6 Å². The van der Waals surface area contributed by atoms with Gasteiger partial charge in [0.25, 0.3) is 0 Å². The molecule has 1 N–H and O–H groups in total. The van der Waals surface area contributed by atoms with Crippen molar-refractivity contribution < 1.29 is 33.6 Å². The lowest BCUT2D eigenvalue weighted by atomic mass is 9.97. The first-order chi connectivity index (χ1) is 12.6. The van der Waals surface area contributed by atoms with Crippen molar-refractivity contribution in [3.05, 3.63) is 35.9 Å². The number of fused-ring (bicyclic) bond motifs is 1. The van der Waals surface area contributed by atoms with Gasteiger partial charge in [-0.2, -0.15) is 0 Å². The van der Waals surface area contributed by atoms with E-state index in [2.05, 4.69) is 0 Å². The maximum Gasteiger partial charge on any atom is 0.306 e. The molecule has 6 atom stereocenters. The number of ether oxygens (including phenoxy) is 5. The molecule has 0 radical (unpaired) electrons. The quantitative estimate of drug-likeness (QED) is 0.770. The Bertz CT molecular complexity index is 579. The van der Waals surface area contributed by atoms with E-state index in [1.807, 2.05) is 37.3 Å². The van der Waals surface area contributed by atoms with E-state index < -0.39 is 37.0 Å². The molecule has 2 aliphatic rings. The number of aliphatic hydroxyl groups is 1. The third-order valence-corrected chi connectivity index (χ3v) is 4.62. The van der Waals surface area contributed by atoms with Crippen molar-refractivity contribution in [2.75, 3.05) is 13.7 Å². The number of hydrogen-bond donors (Lipinski definition) is 1. The smallest absolute Gasteiger partial charge is 0.306 e. The van der Waals surface area contributed by atoms with Crippen LogP contribution in [0.15, 0.2) is 30.3 Å². The number of rotatable bonds is 6. The molecule has 7 heteroatoms. The van der Waals surface area contributed by atoms with Crippen LogP contribution >= 0.6 is 0 Å². The zero-order valence-corrected chi connectivity index (χ0v) is 15.1. The van der Waals surface area contributed by atoms with Crippen LogP contribution in [0.3, 0.4) is 0 Å². The molecule has 0 bridgehead atoms. The van der Waals surface area contributed by atoms with Crippen LogP contribution in [0, 0.1) is 0 Å². The fourth-order valence-corrected chi connectivity index (χ4v) is 3.19. The monoisotopic (exact) mass is 366 g/mol. The summed E-state index contributed by atoms with van der Waals surface area (Å²) < 4.78 is 28.2. The van der Waals surface area contributed by atoms with Crippen molar-refractivity contribution >= 4 is 5.97 Å². The van der Waals surface area contributed by atoms with Gasteiger partial charge in [0.2, 0.25) is 0 Å². The van der Waals surface area contributed by atoms with Gasteiger partial charge < -0.3 is 28.8 Å². The van der Waals surface area contributed by atoms with Crippen LogP contribution in [0.5, 0.6) is 0 Å². The SMILES string of the molecule is CCCCC(=O)O[C@H]1[C@@H](OC)O[C@@H]2COC(c3ccccc3)O[C@H]2[C@@H]1O. The van der Waals surface area contributed by atoms with Gasteiger partial charge in [-0.05, 0) is 6.42 Å². The van der Waals surface area contributed by atoms with E-state index in [4.69, 9.17) is 23.7 Å². The molecule has 1 aromatic rings. The van der Waals surface area contributed by atoms with E-state index in [1.54, 1.807) is 0 Å². The molecule has 2 heterocycles. The number of carbonyl (C=O) groups excluding carboxylic acids is 1. The van der Waals surface area contributed by atoms with Crippen LogP contribution in [0.25, 0.3) is 0 Å². The zero-order chi connectivity index (χ0) is 18.5. The van der Waals surface area contributed by atoms with Gasteiger partial charge in [0, 0.05) is 19.1 Å². The Balaban J connectivity index is 1.69. The molecule has 2 fully saturated rings. The normalized spacial score (nSPS) is 34.1. The summed E-state index contributed by atoms with van der Waals surface area (Å²) in [5.74, 6) is -0.383. The number of carbonyl (C=O) groups is 1. The van der Waals surface area contributed by atoms with Crippen LogP contribution in [0.2, 0.25) is 0 Å². The summed E-state index contributed by atoms with van der Waals surface area (Å²) in [4.78, 5) is 12.0. The molecule has 2 aliphatic heterocycles. The summed E-state index contributed by atoms with van der Waals surface area (Å²) in [6.07, 6.45) is -2.75. The minimum atomic E-state index is -1.07. The standard InChI is InChI=1S/C19H26O7/c1-3-4-10-14(20)25-17-15(21)16-13(24-19(17)22-2)11-23-18(26-16)12-8-6-5-7-9-12/h5-9,13,15-19,21H,3-4,10-11H2,1-2H3/t13-,15+,16-,17-,18?,19+/m1/s1. The molecule has 0 saturated carbocycles. The lowest BCUT2D eigenvalue weighted by Gasteiger charge is -2.46. The highest BCUT2D eigenvalue weighted by molar-refractivity contribution is 5.69. The average Bonchev–Trinajstić information content (AvgIpc) is 2.68. The fraction of sp³-hybridized carbons (Fsp3) is 0.632. The first kappa shape index (κ1) is 19.3. The summed E-state index contributed by atoms with van der Waals surface area (Å²) in [6.45, 7) is 2.24. The molecule has 2 saturated heterocycles. The average molecular weight is 366 g/mol. The highest BCUT2D eigenvalue weighted by Crippen LogP contribution is 2.35. The van der Waals surface area contributed by atoms with Gasteiger partial charge in [0.05, 0.1) is 6.61 Å². The topological polar surface area (TPSA) is 83.5 Å². The van der Waals surface area contributed by atoms with Crippen molar-refractivity contribution in [2.24, 2.45) is 0 Å². The van der Waals surface area contributed by atoms with E-state index in [0.717, 1.165) is 18.4 Å². The molecule has 7 nitrogen and oxygen atoms in total. The Morgan fingerprint density at radius 3 is 2.73 bits per heavy atom. The van der Waals surface area contributed by atoms with Gasteiger partial charge in [-0.1, -0.05) is 43.7 Å². The predicted octanol–water partition coefficient (Wildman–Crippen LogP) is 1.93.